The Bertz CT molecular complexity index is 781. The van der Waals surface area contributed by atoms with E-state index in [1.807, 2.05) is 6.08 Å². The third-order valence-electron chi connectivity index (χ3n) is 9.86. The second-order valence-electron chi connectivity index (χ2n) is 14.4. The Morgan fingerprint density at radius 2 is 1.12 bits per heavy atom. The predicted molar refractivity (Wildman–Crippen MR) is 198 cm³/mol. The van der Waals surface area contributed by atoms with Gasteiger partial charge in [0.2, 0.25) is 5.91 Å². The van der Waals surface area contributed by atoms with Crippen molar-refractivity contribution >= 4 is 5.91 Å². The first-order valence-electron chi connectivity index (χ1n) is 20.4. The zero-order valence-electron chi connectivity index (χ0n) is 31.5. The molecule has 0 radical (unpaired) electrons. The molecule has 7 atom stereocenters. The number of rotatable bonds is 33. The maximum atomic E-state index is 12.8. The van der Waals surface area contributed by atoms with E-state index in [4.69, 9.17) is 9.47 Å². The molecule has 7 unspecified atom stereocenters. The lowest BCUT2D eigenvalue weighted by molar-refractivity contribution is -0.302. The molecule has 1 rings (SSSR count). The standard InChI is InChI=1S/C40H77NO8/c1-3-5-7-9-11-12-13-14-15-16-17-18-19-20-21-22-24-26-28-30-36(44)41-33(34(43)29-27-25-23-10-8-6-4-2)32-48-40-39(47)38(46)37(45)35(31-42)49-40/h27,29,33-35,37-40,42-43,45-47H,3-26,28,30-32H2,1-2H3,(H,41,44)/b29-27+. The summed E-state index contributed by atoms with van der Waals surface area (Å²) in [6.07, 6.45) is 27.1. The molecule has 1 saturated heterocycles. The molecular formula is C40H77NO8. The van der Waals surface area contributed by atoms with Gasteiger partial charge in [-0.15, -0.1) is 0 Å². The van der Waals surface area contributed by atoms with Gasteiger partial charge in [0.05, 0.1) is 25.4 Å². The number of unbranched alkanes of at least 4 members (excludes halogenated alkanes) is 23. The van der Waals surface area contributed by atoms with Crippen LogP contribution in [-0.2, 0) is 14.3 Å². The Balaban J connectivity index is 2.28. The molecule has 1 aliphatic heterocycles. The number of hydrogen-bond donors (Lipinski definition) is 6. The highest BCUT2D eigenvalue weighted by atomic mass is 16.7. The van der Waals surface area contributed by atoms with E-state index in [-0.39, 0.29) is 12.5 Å². The van der Waals surface area contributed by atoms with Crippen LogP contribution in [0.2, 0.25) is 0 Å². The fourth-order valence-electron chi connectivity index (χ4n) is 6.51. The minimum absolute atomic E-state index is 0.179. The average molecular weight is 700 g/mol. The van der Waals surface area contributed by atoms with E-state index < -0.39 is 49.5 Å². The van der Waals surface area contributed by atoms with Gasteiger partial charge in [-0.05, 0) is 19.3 Å². The van der Waals surface area contributed by atoms with Crippen LogP contribution in [0.5, 0.6) is 0 Å². The van der Waals surface area contributed by atoms with Crippen LogP contribution in [0, 0.1) is 0 Å². The normalized spacial score (nSPS) is 22.5. The van der Waals surface area contributed by atoms with Gasteiger partial charge >= 0.3 is 0 Å². The number of aliphatic hydroxyl groups excluding tert-OH is 5. The van der Waals surface area contributed by atoms with Gasteiger partial charge in [-0.1, -0.05) is 167 Å². The van der Waals surface area contributed by atoms with E-state index in [1.165, 1.54) is 122 Å². The number of aliphatic hydroxyl groups is 5. The second kappa shape index (κ2) is 31.6. The van der Waals surface area contributed by atoms with Crippen molar-refractivity contribution in [1.82, 2.24) is 5.32 Å². The van der Waals surface area contributed by atoms with Crippen LogP contribution in [0.1, 0.15) is 181 Å². The first-order chi connectivity index (χ1) is 23.8. The lowest BCUT2D eigenvalue weighted by Crippen LogP contribution is -2.60. The molecule has 0 aromatic heterocycles. The number of hydrogen-bond acceptors (Lipinski definition) is 8. The maximum absolute atomic E-state index is 12.8. The monoisotopic (exact) mass is 700 g/mol. The first-order valence-corrected chi connectivity index (χ1v) is 20.4. The third kappa shape index (κ3) is 23.2. The lowest BCUT2D eigenvalue weighted by atomic mass is 9.99. The Labute approximate surface area is 299 Å². The van der Waals surface area contributed by atoms with Gasteiger partial charge in [0.25, 0.3) is 0 Å². The quantitative estimate of drug-likeness (QED) is 0.0307. The molecule has 9 heteroatoms. The molecule has 0 aliphatic carbocycles. The predicted octanol–water partition coefficient (Wildman–Crippen LogP) is 7.39. The van der Waals surface area contributed by atoms with Gasteiger partial charge in [0, 0.05) is 6.42 Å². The topological polar surface area (TPSA) is 149 Å². The number of allylic oxidation sites excluding steroid dienone is 1. The van der Waals surface area contributed by atoms with E-state index in [2.05, 4.69) is 19.2 Å². The van der Waals surface area contributed by atoms with Crippen LogP contribution in [0.3, 0.4) is 0 Å². The van der Waals surface area contributed by atoms with Gasteiger partial charge in [-0.2, -0.15) is 0 Å². The van der Waals surface area contributed by atoms with E-state index >= 15 is 0 Å². The van der Waals surface area contributed by atoms with E-state index in [1.54, 1.807) is 6.08 Å². The second-order valence-corrected chi connectivity index (χ2v) is 14.4. The molecular weight excluding hydrogens is 622 g/mol. The number of nitrogens with one attached hydrogen (secondary N) is 1. The molecule has 1 heterocycles. The van der Waals surface area contributed by atoms with Gasteiger partial charge in [-0.25, -0.2) is 0 Å². The van der Waals surface area contributed by atoms with Gasteiger partial charge in [0.15, 0.2) is 6.29 Å². The van der Waals surface area contributed by atoms with Crippen molar-refractivity contribution in [3.05, 3.63) is 12.2 Å². The van der Waals surface area contributed by atoms with Crippen LogP contribution in [0.15, 0.2) is 12.2 Å². The largest absolute Gasteiger partial charge is 0.394 e. The van der Waals surface area contributed by atoms with Crippen LogP contribution >= 0.6 is 0 Å². The molecule has 6 N–H and O–H groups in total. The number of carbonyl (C=O) groups excluding carboxylic acids is 1. The summed E-state index contributed by atoms with van der Waals surface area (Å²) >= 11 is 0. The molecule has 1 amide bonds. The minimum atomic E-state index is -1.56. The van der Waals surface area contributed by atoms with E-state index in [9.17, 15) is 30.3 Å². The van der Waals surface area contributed by atoms with Crippen molar-refractivity contribution in [1.29, 1.82) is 0 Å². The summed E-state index contributed by atoms with van der Waals surface area (Å²) in [7, 11) is 0. The Hall–Kier alpha value is -1.07. The molecule has 0 bridgehead atoms. The lowest BCUT2D eigenvalue weighted by Gasteiger charge is -2.40. The number of ether oxygens (including phenoxy) is 2. The molecule has 0 saturated carbocycles. The molecule has 1 aliphatic rings. The highest BCUT2D eigenvalue weighted by Crippen LogP contribution is 2.22. The molecule has 0 aromatic carbocycles. The first kappa shape index (κ1) is 46.0. The van der Waals surface area contributed by atoms with Gasteiger partial charge in [-0.3, -0.25) is 4.79 Å². The van der Waals surface area contributed by atoms with Crippen molar-refractivity contribution in [3.63, 3.8) is 0 Å². The van der Waals surface area contributed by atoms with E-state index in [0.29, 0.717) is 6.42 Å². The van der Waals surface area contributed by atoms with Gasteiger partial charge in [0.1, 0.15) is 24.4 Å². The average Bonchev–Trinajstić information content (AvgIpc) is 3.10. The zero-order chi connectivity index (χ0) is 36.0. The fourth-order valence-corrected chi connectivity index (χ4v) is 6.51. The minimum Gasteiger partial charge on any atom is -0.394 e. The highest BCUT2D eigenvalue weighted by molar-refractivity contribution is 5.76. The van der Waals surface area contributed by atoms with Crippen molar-refractivity contribution in [2.24, 2.45) is 0 Å². The summed E-state index contributed by atoms with van der Waals surface area (Å²) < 4.78 is 11.1. The molecule has 1 fully saturated rings. The molecule has 0 spiro atoms. The maximum Gasteiger partial charge on any atom is 0.220 e. The van der Waals surface area contributed by atoms with Crippen molar-refractivity contribution in [2.75, 3.05) is 13.2 Å². The fraction of sp³-hybridized carbons (Fsp3) is 0.925. The molecule has 9 nitrogen and oxygen atoms in total. The Kier molecular flexibility index (Phi) is 29.7. The number of amides is 1. The molecule has 49 heavy (non-hydrogen) atoms. The zero-order valence-corrected chi connectivity index (χ0v) is 31.5. The summed E-state index contributed by atoms with van der Waals surface area (Å²) in [6.45, 7) is 3.71. The summed E-state index contributed by atoms with van der Waals surface area (Å²) in [4.78, 5) is 12.8. The Morgan fingerprint density at radius 3 is 1.59 bits per heavy atom. The van der Waals surface area contributed by atoms with Gasteiger partial charge < -0.3 is 40.3 Å². The third-order valence-corrected chi connectivity index (χ3v) is 9.86. The molecule has 290 valence electrons. The van der Waals surface area contributed by atoms with E-state index in [0.717, 1.165) is 38.5 Å². The Morgan fingerprint density at radius 1 is 0.673 bits per heavy atom. The highest BCUT2D eigenvalue weighted by Gasteiger charge is 2.44. The summed E-state index contributed by atoms with van der Waals surface area (Å²) in [5.41, 5.74) is 0. The van der Waals surface area contributed by atoms with Crippen molar-refractivity contribution in [2.45, 2.75) is 224 Å². The van der Waals surface area contributed by atoms with Crippen LogP contribution in [0.25, 0.3) is 0 Å². The summed E-state index contributed by atoms with van der Waals surface area (Å²) in [5.74, 6) is -0.179. The summed E-state index contributed by atoms with van der Waals surface area (Å²) in [6, 6.07) is -0.795. The van der Waals surface area contributed by atoms with Crippen molar-refractivity contribution < 1.29 is 39.8 Å². The van der Waals surface area contributed by atoms with Crippen LogP contribution < -0.4 is 5.32 Å². The number of carbonyl (C=O) groups is 1. The smallest absolute Gasteiger partial charge is 0.220 e. The van der Waals surface area contributed by atoms with Crippen LogP contribution in [-0.4, -0.2) is 87.5 Å². The van der Waals surface area contributed by atoms with Crippen LogP contribution in [0.4, 0.5) is 0 Å². The molecule has 0 aromatic rings. The summed E-state index contributed by atoms with van der Waals surface area (Å²) in [5, 5.41) is 53.7. The SMILES string of the molecule is CCCCCCC/C=C/C(O)C(COC1OC(CO)C(O)C(O)C1O)NC(=O)CCCCCCCCCCCCCCCCCCCCC. The van der Waals surface area contributed by atoms with Crippen molar-refractivity contribution in [3.8, 4) is 0 Å².